The first-order valence-corrected chi connectivity index (χ1v) is 12.1. The Labute approximate surface area is 189 Å². The number of rotatable bonds is 6. The van der Waals surface area contributed by atoms with Crippen molar-refractivity contribution in [3.8, 4) is 10.4 Å². The fraction of sp³-hybridized carbons (Fsp3) is 0.0909. The van der Waals surface area contributed by atoms with Crippen LogP contribution in [0.3, 0.4) is 0 Å². The molecule has 0 saturated heterocycles. The second kappa shape index (κ2) is 7.92. The van der Waals surface area contributed by atoms with Gasteiger partial charge in [-0.1, -0.05) is 36.0 Å². The number of imide groups is 1. The van der Waals surface area contributed by atoms with Gasteiger partial charge in [-0.15, -0.1) is 29.3 Å². The van der Waals surface area contributed by atoms with Gasteiger partial charge >= 0.3 is 0 Å². The molecule has 0 aliphatic carbocycles. The second-order valence-corrected chi connectivity index (χ2v) is 9.48. The molecule has 0 spiro atoms. The van der Waals surface area contributed by atoms with Crippen LogP contribution in [0.2, 0.25) is 0 Å². The van der Waals surface area contributed by atoms with Crippen LogP contribution < -0.4 is 5.56 Å². The molecular formula is C22H15N3O3S3. The smallest absolute Gasteiger partial charge is 0.263 e. The van der Waals surface area contributed by atoms with Gasteiger partial charge < -0.3 is 0 Å². The maximum Gasteiger partial charge on any atom is 0.263 e. The molecule has 2 amide bonds. The molecule has 4 aromatic rings. The highest BCUT2D eigenvalue weighted by molar-refractivity contribution is 7.99. The molecule has 0 fully saturated rings. The fourth-order valence-corrected chi connectivity index (χ4v) is 6.26. The average Bonchev–Trinajstić information content (AvgIpc) is 3.50. The Hall–Kier alpha value is -3.01. The Balaban J connectivity index is 1.51. The van der Waals surface area contributed by atoms with Crippen molar-refractivity contribution in [1.29, 1.82) is 0 Å². The number of allylic oxidation sites excluding steroid dienone is 1. The minimum atomic E-state index is -0.331. The zero-order valence-corrected chi connectivity index (χ0v) is 18.6. The Morgan fingerprint density at radius 1 is 1.00 bits per heavy atom. The molecule has 0 unspecified atom stereocenters. The number of benzene rings is 1. The van der Waals surface area contributed by atoms with Crippen molar-refractivity contribution in [2.45, 2.75) is 11.7 Å². The van der Waals surface area contributed by atoms with Gasteiger partial charge in [0.05, 0.1) is 22.4 Å². The minimum Gasteiger partial charge on any atom is -0.283 e. The van der Waals surface area contributed by atoms with Gasteiger partial charge in [-0.3, -0.25) is 23.9 Å². The third-order valence-corrected chi connectivity index (χ3v) is 7.69. The van der Waals surface area contributed by atoms with Crippen molar-refractivity contribution < 1.29 is 9.59 Å². The summed E-state index contributed by atoms with van der Waals surface area (Å²) in [5, 5.41) is 4.95. The molecule has 1 aromatic carbocycles. The molecule has 0 radical (unpaired) electrons. The number of carbonyl (C=O) groups is 2. The topological polar surface area (TPSA) is 72.3 Å². The first-order valence-electron chi connectivity index (χ1n) is 9.35. The highest BCUT2D eigenvalue weighted by Crippen LogP contribution is 2.35. The zero-order valence-electron chi connectivity index (χ0n) is 16.1. The van der Waals surface area contributed by atoms with E-state index in [0.717, 1.165) is 10.4 Å². The van der Waals surface area contributed by atoms with Crippen LogP contribution in [-0.4, -0.2) is 32.1 Å². The SMILES string of the molecule is C=CCn1c(SCN2C(=O)c3ccccc3C2=O)nc2scc(-c3cccs3)c2c1=O. The molecular weight excluding hydrogens is 450 g/mol. The summed E-state index contributed by atoms with van der Waals surface area (Å²) < 4.78 is 1.54. The zero-order chi connectivity index (χ0) is 21.5. The lowest BCUT2D eigenvalue weighted by Gasteiger charge is -2.15. The Bertz CT molecular complexity index is 1370. The molecule has 4 heterocycles. The van der Waals surface area contributed by atoms with Crippen molar-refractivity contribution in [3.63, 3.8) is 0 Å². The van der Waals surface area contributed by atoms with E-state index >= 15 is 0 Å². The summed E-state index contributed by atoms with van der Waals surface area (Å²) in [6, 6.07) is 10.7. The monoisotopic (exact) mass is 465 g/mol. The highest BCUT2D eigenvalue weighted by Gasteiger charge is 2.35. The van der Waals surface area contributed by atoms with E-state index in [1.807, 2.05) is 22.9 Å². The van der Waals surface area contributed by atoms with E-state index in [2.05, 4.69) is 6.58 Å². The molecule has 5 rings (SSSR count). The maximum absolute atomic E-state index is 13.3. The lowest BCUT2D eigenvalue weighted by atomic mass is 10.1. The molecule has 0 bridgehead atoms. The molecule has 6 nitrogen and oxygen atoms in total. The van der Waals surface area contributed by atoms with Crippen LogP contribution in [0.1, 0.15) is 20.7 Å². The Morgan fingerprint density at radius 2 is 1.74 bits per heavy atom. The number of thiophene rings is 2. The molecule has 1 aliphatic rings. The van der Waals surface area contributed by atoms with Gasteiger partial charge in [0.1, 0.15) is 4.83 Å². The molecule has 3 aromatic heterocycles. The molecule has 154 valence electrons. The lowest BCUT2D eigenvalue weighted by molar-refractivity contribution is 0.0684. The van der Waals surface area contributed by atoms with Crippen molar-refractivity contribution >= 4 is 56.5 Å². The van der Waals surface area contributed by atoms with Gasteiger partial charge in [0, 0.05) is 22.4 Å². The Morgan fingerprint density at radius 3 is 2.39 bits per heavy atom. The summed E-state index contributed by atoms with van der Waals surface area (Å²) in [7, 11) is 0. The van der Waals surface area contributed by atoms with Crippen molar-refractivity contribution in [2.24, 2.45) is 0 Å². The quantitative estimate of drug-likeness (QED) is 0.178. The predicted octanol–water partition coefficient (Wildman–Crippen LogP) is 4.72. The van der Waals surface area contributed by atoms with E-state index in [4.69, 9.17) is 4.98 Å². The van der Waals surface area contributed by atoms with Gasteiger partial charge in [0.15, 0.2) is 5.16 Å². The molecule has 1 aliphatic heterocycles. The predicted molar refractivity (Wildman–Crippen MR) is 125 cm³/mol. The van der Waals surface area contributed by atoms with Crippen LogP contribution in [0, 0.1) is 0 Å². The first kappa shape index (κ1) is 19.9. The van der Waals surface area contributed by atoms with Crippen molar-refractivity contribution in [2.75, 3.05) is 5.88 Å². The third kappa shape index (κ3) is 3.25. The number of thioether (sulfide) groups is 1. The molecule has 0 atom stereocenters. The number of amides is 2. The van der Waals surface area contributed by atoms with Crippen molar-refractivity contribution in [1.82, 2.24) is 14.5 Å². The number of nitrogens with zero attached hydrogens (tertiary/aromatic N) is 3. The van der Waals surface area contributed by atoms with Crippen LogP contribution >= 0.6 is 34.4 Å². The normalized spacial score (nSPS) is 13.2. The number of aromatic nitrogens is 2. The molecule has 31 heavy (non-hydrogen) atoms. The third-order valence-electron chi connectivity index (χ3n) is 4.96. The van der Waals surface area contributed by atoms with Crippen LogP contribution in [0.15, 0.2) is 69.8 Å². The fourth-order valence-electron chi connectivity index (χ4n) is 3.50. The van der Waals surface area contributed by atoms with Crippen LogP contribution in [0.5, 0.6) is 0 Å². The van der Waals surface area contributed by atoms with Gasteiger partial charge in [-0.2, -0.15) is 0 Å². The van der Waals surface area contributed by atoms with Gasteiger partial charge in [0.2, 0.25) is 0 Å². The summed E-state index contributed by atoms with van der Waals surface area (Å²) in [4.78, 5) is 46.2. The van der Waals surface area contributed by atoms with E-state index < -0.39 is 0 Å². The van der Waals surface area contributed by atoms with Gasteiger partial charge in [-0.05, 0) is 23.6 Å². The van der Waals surface area contributed by atoms with E-state index in [1.54, 1.807) is 46.2 Å². The van der Waals surface area contributed by atoms with Crippen LogP contribution in [0.25, 0.3) is 20.7 Å². The van der Waals surface area contributed by atoms with Crippen molar-refractivity contribution in [3.05, 3.63) is 81.3 Å². The van der Waals surface area contributed by atoms with E-state index in [1.165, 1.54) is 28.0 Å². The van der Waals surface area contributed by atoms with Gasteiger partial charge in [-0.25, -0.2) is 4.98 Å². The summed E-state index contributed by atoms with van der Waals surface area (Å²) >= 11 is 4.18. The first-order chi connectivity index (χ1) is 15.1. The van der Waals surface area contributed by atoms with E-state index in [-0.39, 0.29) is 29.8 Å². The standard InChI is InChI=1S/C22H15N3O3S3/c1-2-9-24-21(28)17-15(16-8-5-10-29-16)11-30-18(17)23-22(24)31-12-25-19(26)13-6-3-4-7-14(13)20(25)27/h2-8,10-11H,1,9,12H2. The highest BCUT2D eigenvalue weighted by atomic mass is 32.2. The minimum absolute atomic E-state index is 0.0740. The number of hydrogen-bond acceptors (Lipinski definition) is 7. The molecule has 0 saturated carbocycles. The summed E-state index contributed by atoms with van der Waals surface area (Å²) in [6.45, 7) is 4.04. The number of fused-ring (bicyclic) bond motifs is 2. The number of hydrogen-bond donors (Lipinski definition) is 0. The van der Waals surface area contributed by atoms with Gasteiger partial charge in [0.25, 0.3) is 17.4 Å². The lowest BCUT2D eigenvalue weighted by Crippen LogP contribution is -2.30. The Kier molecular flexibility index (Phi) is 5.09. The second-order valence-electron chi connectivity index (χ2n) is 6.76. The average molecular weight is 466 g/mol. The summed E-state index contributed by atoms with van der Waals surface area (Å²) in [6.07, 6.45) is 1.64. The number of carbonyl (C=O) groups excluding carboxylic acids is 2. The summed E-state index contributed by atoms with van der Waals surface area (Å²) in [5.41, 5.74) is 1.53. The summed E-state index contributed by atoms with van der Waals surface area (Å²) in [5.74, 6) is -0.587. The van der Waals surface area contributed by atoms with Crippen LogP contribution in [-0.2, 0) is 6.54 Å². The largest absolute Gasteiger partial charge is 0.283 e. The molecule has 0 N–H and O–H groups in total. The maximum atomic E-state index is 13.3. The molecule has 9 heteroatoms. The van der Waals surface area contributed by atoms with E-state index in [9.17, 15) is 14.4 Å². The van der Waals surface area contributed by atoms with Crippen LogP contribution in [0.4, 0.5) is 0 Å². The van der Waals surface area contributed by atoms with E-state index in [0.29, 0.717) is 26.5 Å².